The first-order valence-corrected chi connectivity index (χ1v) is 11.8. The summed E-state index contributed by atoms with van der Waals surface area (Å²) in [5, 5.41) is 0. The van der Waals surface area contributed by atoms with E-state index in [1.54, 1.807) is 22.0 Å². The summed E-state index contributed by atoms with van der Waals surface area (Å²) in [4.78, 5) is 42.4. The fourth-order valence-corrected chi connectivity index (χ4v) is 4.38. The van der Waals surface area contributed by atoms with Crippen molar-refractivity contribution in [3.8, 4) is 0 Å². The Kier molecular flexibility index (Phi) is 7.55. The summed E-state index contributed by atoms with van der Waals surface area (Å²) in [6.07, 6.45) is 7.21. The standard InChI is InChI=1S/C27H31N3O3/c31-25(9-4-8-22-6-2-1-3-7-22)28-18-20-29(21-19-28)26(32)16-13-23-11-14-24(15-12-23)30-17-5-10-27(30)33/h1-3,6-7,11-16H,4-5,8-10,17-21H2/b16-13+. The van der Waals surface area contributed by atoms with Gasteiger partial charge in [-0.25, -0.2) is 0 Å². The highest BCUT2D eigenvalue weighted by Crippen LogP contribution is 2.22. The van der Waals surface area contributed by atoms with Crippen LogP contribution in [-0.4, -0.2) is 60.2 Å². The summed E-state index contributed by atoms with van der Waals surface area (Å²) in [6, 6.07) is 17.9. The summed E-state index contributed by atoms with van der Waals surface area (Å²) in [5.41, 5.74) is 3.09. The molecule has 2 heterocycles. The van der Waals surface area contributed by atoms with Gasteiger partial charge in [-0.2, -0.15) is 0 Å². The van der Waals surface area contributed by atoms with E-state index in [4.69, 9.17) is 0 Å². The minimum atomic E-state index is -0.0371. The highest BCUT2D eigenvalue weighted by Gasteiger charge is 2.23. The van der Waals surface area contributed by atoms with Crippen LogP contribution in [0.3, 0.4) is 0 Å². The minimum Gasteiger partial charge on any atom is -0.339 e. The molecule has 0 aromatic heterocycles. The average molecular weight is 446 g/mol. The van der Waals surface area contributed by atoms with Gasteiger partial charge in [-0.1, -0.05) is 42.5 Å². The molecule has 0 radical (unpaired) electrons. The second-order valence-electron chi connectivity index (χ2n) is 8.62. The molecule has 2 saturated heterocycles. The lowest BCUT2D eigenvalue weighted by atomic mass is 10.1. The van der Waals surface area contributed by atoms with Gasteiger partial charge in [-0.15, -0.1) is 0 Å². The van der Waals surface area contributed by atoms with E-state index in [2.05, 4.69) is 12.1 Å². The third-order valence-corrected chi connectivity index (χ3v) is 6.34. The van der Waals surface area contributed by atoms with Crippen LogP contribution in [0.5, 0.6) is 0 Å². The van der Waals surface area contributed by atoms with Crippen LogP contribution < -0.4 is 4.90 Å². The molecule has 0 spiro atoms. The molecule has 3 amide bonds. The molecule has 0 N–H and O–H groups in total. The lowest BCUT2D eigenvalue weighted by Gasteiger charge is -2.34. The smallest absolute Gasteiger partial charge is 0.246 e. The zero-order valence-corrected chi connectivity index (χ0v) is 19.0. The van der Waals surface area contributed by atoms with Crippen LogP contribution in [0.25, 0.3) is 6.08 Å². The summed E-state index contributed by atoms with van der Waals surface area (Å²) in [7, 11) is 0. The van der Waals surface area contributed by atoms with E-state index in [9.17, 15) is 14.4 Å². The number of aryl methyl sites for hydroxylation is 1. The Morgan fingerprint density at radius 3 is 2.21 bits per heavy atom. The van der Waals surface area contributed by atoms with Crippen LogP contribution in [0, 0.1) is 0 Å². The van der Waals surface area contributed by atoms with E-state index < -0.39 is 0 Å². The fraction of sp³-hybridized carbons (Fsp3) is 0.370. The number of rotatable bonds is 7. The predicted molar refractivity (Wildman–Crippen MR) is 130 cm³/mol. The lowest BCUT2D eigenvalue weighted by Crippen LogP contribution is -2.50. The van der Waals surface area contributed by atoms with Gasteiger partial charge in [0.15, 0.2) is 0 Å². The normalized spacial score (nSPS) is 16.6. The molecule has 2 aromatic rings. The number of hydrogen-bond donors (Lipinski definition) is 0. The first-order chi connectivity index (χ1) is 16.1. The monoisotopic (exact) mass is 445 g/mol. The second kappa shape index (κ2) is 10.9. The Labute approximate surface area is 195 Å². The number of amides is 3. The SMILES string of the molecule is O=C(/C=C/c1ccc(N2CCCC2=O)cc1)N1CCN(C(=O)CCCc2ccccc2)CC1. The first kappa shape index (κ1) is 22.8. The van der Waals surface area contributed by atoms with Crippen LogP contribution in [0.2, 0.25) is 0 Å². The maximum absolute atomic E-state index is 12.6. The van der Waals surface area contributed by atoms with Crippen molar-refractivity contribution in [1.82, 2.24) is 9.80 Å². The molecule has 0 atom stereocenters. The van der Waals surface area contributed by atoms with E-state index >= 15 is 0 Å². The lowest BCUT2D eigenvalue weighted by molar-refractivity contribution is -0.137. The molecule has 0 saturated carbocycles. The van der Waals surface area contributed by atoms with Crippen LogP contribution in [0.4, 0.5) is 5.69 Å². The van der Waals surface area contributed by atoms with E-state index in [1.165, 1.54) is 5.56 Å². The van der Waals surface area contributed by atoms with Gasteiger partial charge in [-0.05, 0) is 48.6 Å². The van der Waals surface area contributed by atoms with Crippen molar-refractivity contribution in [2.45, 2.75) is 32.1 Å². The quantitative estimate of drug-likeness (QED) is 0.613. The molecule has 2 aromatic carbocycles. The van der Waals surface area contributed by atoms with E-state index in [1.807, 2.05) is 47.4 Å². The molecule has 0 aliphatic carbocycles. The number of carbonyl (C=O) groups is 3. The van der Waals surface area contributed by atoms with Gasteiger partial charge in [0, 0.05) is 57.3 Å². The maximum atomic E-state index is 12.6. The van der Waals surface area contributed by atoms with Gasteiger partial charge in [-0.3, -0.25) is 14.4 Å². The predicted octanol–water partition coefficient (Wildman–Crippen LogP) is 3.52. The number of benzene rings is 2. The van der Waals surface area contributed by atoms with Crippen LogP contribution in [0.15, 0.2) is 60.7 Å². The zero-order valence-electron chi connectivity index (χ0n) is 19.0. The third kappa shape index (κ3) is 6.09. The number of anilines is 1. The van der Waals surface area contributed by atoms with Crippen molar-refractivity contribution in [1.29, 1.82) is 0 Å². The molecular weight excluding hydrogens is 414 g/mol. The minimum absolute atomic E-state index is 0.0371. The van der Waals surface area contributed by atoms with Gasteiger partial charge in [0.1, 0.15) is 0 Å². The van der Waals surface area contributed by atoms with Crippen molar-refractivity contribution in [2.75, 3.05) is 37.6 Å². The topological polar surface area (TPSA) is 60.9 Å². The number of hydrogen-bond acceptors (Lipinski definition) is 3. The Bertz CT molecular complexity index is 993. The Hall–Kier alpha value is -3.41. The highest BCUT2D eigenvalue weighted by atomic mass is 16.2. The zero-order chi connectivity index (χ0) is 23.0. The molecule has 2 aliphatic rings. The third-order valence-electron chi connectivity index (χ3n) is 6.34. The first-order valence-electron chi connectivity index (χ1n) is 11.8. The highest BCUT2D eigenvalue weighted by molar-refractivity contribution is 5.95. The summed E-state index contributed by atoms with van der Waals surface area (Å²) >= 11 is 0. The number of carbonyl (C=O) groups excluding carboxylic acids is 3. The summed E-state index contributed by atoms with van der Waals surface area (Å²) in [6.45, 7) is 3.06. The van der Waals surface area contributed by atoms with Crippen molar-refractivity contribution in [3.63, 3.8) is 0 Å². The van der Waals surface area contributed by atoms with E-state index in [-0.39, 0.29) is 17.7 Å². The largest absolute Gasteiger partial charge is 0.339 e. The molecule has 4 rings (SSSR count). The Morgan fingerprint density at radius 1 is 0.848 bits per heavy atom. The van der Waals surface area contributed by atoms with Crippen molar-refractivity contribution in [3.05, 3.63) is 71.8 Å². The van der Waals surface area contributed by atoms with Crippen molar-refractivity contribution < 1.29 is 14.4 Å². The van der Waals surface area contributed by atoms with Crippen molar-refractivity contribution in [2.24, 2.45) is 0 Å². The summed E-state index contributed by atoms with van der Waals surface area (Å²) < 4.78 is 0. The molecule has 6 heteroatoms. The molecular formula is C27H31N3O3. The number of piperazine rings is 1. The molecule has 172 valence electrons. The van der Waals surface area contributed by atoms with Crippen LogP contribution in [-0.2, 0) is 20.8 Å². The molecule has 2 fully saturated rings. The average Bonchev–Trinajstić information content (AvgIpc) is 3.29. The van der Waals surface area contributed by atoms with Gasteiger partial charge < -0.3 is 14.7 Å². The molecule has 0 unspecified atom stereocenters. The van der Waals surface area contributed by atoms with Crippen LogP contribution in [0.1, 0.15) is 36.8 Å². The van der Waals surface area contributed by atoms with E-state index in [0.717, 1.165) is 37.1 Å². The molecule has 6 nitrogen and oxygen atoms in total. The summed E-state index contributed by atoms with van der Waals surface area (Å²) in [5.74, 6) is 0.303. The van der Waals surface area contributed by atoms with Gasteiger partial charge in [0.05, 0.1) is 0 Å². The Morgan fingerprint density at radius 2 is 1.55 bits per heavy atom. The van der Waals surface area contributed by atoms with Crippen molar-refractivity contribution >= 4 is 29.5 Å². The van der Waals surface area contributed by atoms with Crippen LogP contribution >= 0.6 is 0 Å². The van der Waals surface area contributed by atoms with Gasteiger partial charge in [0.2, 0.25) is 17.7 Å². The van der Waals surface area contributed by atoms with Gasteiger partial charge in [0.25, 0.3) is 0 Å². The maximum Gasteiger partial charge on any atom is 0.246 e. The van der Waals surface area contributed by atoms with E-state index in [0.29, 0.717) is 39.0 Å². The number of nitrogens with zero attached hydrogens (tertiary/aromatic N) is 3. The van der Waals surface area contributed by atoms with Gasteiger partial charge >= 0.3 is 0 Å². The fourth-order valence-electron chi connectivity index (χ4n) is 4.38. The molecule has 33 heavy (non-hydrogen) atoms. The molecule has 2 aliphatic heterocycles. The Balaban J connectivity index is 1.20. The molecule has 0 bridgehead atoms. The second-order valence-corrected chi connectivity index (χ2v) is 8.62.